The first-order chi connectivity index (χ1) is 23.5. The van der Waals surface area contributed by atoms with E-state index in [0.717, 1.165) is 45.8 Å². The number of para-hydroxylation sites is 2. The number of nitro benzene ring substituents is 1. The average Bonchev–Trinajstić information content (AvgIpc) is 3.49. The molecule has 5 aromatic carbocycles. The van der Waals surface area contributed by atoms with Crippen LogP contribution in [0.3, 0.4) is 0 Å². The highest BCUT2D eigenvalue weighted by atomic mass is 16.6. The van der Waals surface area contributed by atoms with Gasteiger partial charge in [0.2, 0.25) is 5.91 Å². The van der Waals surface area contributed by atoms with Crippen LogP contribution in [0.25, 0.3) is 10.9 Å². The van der Waals surface area contributed by atoms with Crippen molar-refractivity contribution >= 4 is 28.2 Å². The zero-order valence-electron chi connectivity index (χ0n) is 26.5. The van der Waals surface area contributed by atoms with Crippen LogP contribution in [0.5, 0.6) is 11.5 Å². The van der Waals surface area contributed by atoms with E-state index in [2.05, 4.69) is 76.3 Å². The van der Waals surface area contributed by atoms with Crippen molar-refractivity contribution in [3.8, 4) is 11.5 Å². The summed E-state index contributed by atoms with van der Waals surface area (Å²) in [6.45, 7) is 3.20. The fraction of sp³-hybridized carbons (Fsp3) is 0.175. The van der Waals surface area contributed by atoms with E-state index in [0.29, 0.717) is 32.6 Å². The van der Waals surface area contributed by atoms with E-state index in [9.17, 15) is 14.9 Å². The first kappa shape index (κ1) is 30.7. The average molecular weight is 637 g/mol. The summed E-state index contributed by atoms with van der Waals surface area (Å²) < 4.78 is 8.51. The first-order valence-corrected chi connectivity index (χ1v) is 16.2. The van der Waals surface area contributed by atoms with Crippen molar-refractivity contribution < 1.29 is 14.5 Å². The molecule has 1 amide bonds. The number of aromatic nitrogens is 1. The minimum Gasteiger partial charge on any atom is -0.457 e. The SMILES string of the molecule is O=C(C[C@H](c1cccc(Oc2ccccc2)c1)c1cn(Cc2ccccc2)c2ccccc12)N1CCN(c2ccc([N+](=O)[O-])cc2)CC1. The van der Waals surface area contributed by atoms with E-state index in [-0.39, 0.29) is 22.4 Å². The summed E-state index contributed by atoms with van der Waals surface area (Å²) >= 11 is 0. The zero-order valence-corrected chi connectivity index (χ0v) is 26.5. The van der Waals surface area contributed by atoms with Crippen molar-refractivity contribution in [3.63, 3.8) is 0 Å². The number of carbonyl (C=O) groups excluding carboxylic acids is 1. The third kappa shape index (κ3) is 6.78. The Morgan fingerprint density at radius 3 is 2.15 bits per heavy atom. The van der Waals surface area contributed by atoms with E-state index in [1.54, 1.807) is 12.1 Å². The summed E-state index contributed by atoms with van der Waals surface area (Å²) in [6.07, 6.45) is 2.53. The lowest BCUT2D eigenvalue weighted by Crippen LogP contribution is -2.49. The number of rotatable bonds is 10. The minimum atomic E-state index is -0.390. The molecule has 1 aromatic heterocycles. The van der Waals surface area contributed by atoms with E-state index in [1.807, 2.05) is 53.4 Å². The summed E-state index contributed by atoms with van der Waals surface area (Å²) in [5, 5.41) is 12.2. The fourth-order valence-corrected chi connectivity index (χ4v) is 6.59. The molecule has 1 aliphatic rings. The molecular weight excluding hydrogens is 600 g/mol. The number of ether oxygens (including phenoxy) is 1. The Morgan fingerprint density at radius 1 is 0.750 bits per heavy atom. The number of non-ortho nitro benzene ring substituents is 1. The van der Waals surface area contributed by atoms with Crippen LogP contribution in [0.1, 0.15) is 29.0 Å². The predicted octanol–water partition coefficient (Wildman–Crippen LogP) is 8.26. The van der Waals surface area contributed by atoms with Gasteiger partial charge in [-0.05, 0) is 59.2 Å². The second kappa shape index (κ2) is 13.8. The number of nitrogens with zero attached hydrogens (tertiary/aromatic N) is 4. The van der Waals surface area contributed by atoms with Gasteiger partial charge in [-0.1, -0.05) is 78.9 Å². The third-order valence-corrected chi connectivity index (χ3v) is 9.07. The van der Waals surface area contributed by atoms with Crippen LogP contribution in [0, 0.1) is 10.1 Å². The molecule has 8 heteroatoms. The molecule has 8 nitrogen and oxygen atoms in total. The van der Waals surface area contributed by atoms with E-state index in [4.69, 9.17) is 4.74 Å². The Bertz CT molecular complexity index is 2020. The van der Waals surface area contributed by atoms with Gasteiger partial charge >= 0.3 is 0 Å². The molecule has 0 spiro atoms. The molecule has 1 atom stereocenters. The van der Waals surface area contributed by atoms with Gasteiger partial charge in [0.05, 0.1) is 4.92 Å². The van der Waals surface area contributed by atoms with Gasteiger partial charge in [0.25, 0.3) is 5.69 Å². The second-order valence-electron chi connectivity index (χ2n) is 12.1. The lowest BCUT2D eigenvalue weighted by Gasteiger charge is -2.36. The summed E-state index contributed by atoms with van der Waals surface area (Å²) in [6, 6.07) is 43.3. The van der Waals surface area contributed by atoms with Crippen LogP contribution >= 0.6 is 0 Å². The predicted molar refractivity (Wildman–Crippen MR) is 189 cm³/mol. The highest BCUT2D eigenvalue weighted by molar-refractivity contribution is 5.87. The van der Waals surface area contributed by atoms with Crippen molar-refractivity contribution in [3.05, 3.63) is 166 Å². The smallest absolute Gasteiger partial charge is 0.269 e. The van der Waals surface area contributed by atoms with E-state index < -0.39 is 0 Å². The topological polar surface area (TPSA) is 80.8 Å². The highest BCUT2D eigenvalue weighted by Crippen LogP contribution is 2.37. The van der Waals surface area contributed by atoms with Gasteiger partial charge in [0, 0.05) is 80.0 Å². The van der Waals surface area contributed by atoms with E-state index in [1.165, 1.54) is 17.7 Å². The van der Waals surface area contributed by atoms with Gasteiger partial charge in [-0.15, -0.1) is 0 Å². The molecule has 0 N–H and O–H groups in total. The molecule has 1 saturated heterocycles. The Kier molecular flexibility index (Phi) is 8.87. The largest absolute Gasteiger partial charge is 0.457 e. The lowest BCUT2D eigenvalue weighted by molar-refractivity contribution is -0.384. The van der Waals surface area contributed by atoms with Crippen LogP contribution in [-0.2, 0) is 11.3 Å². The fourth-order valence-electron chi connectivity index (χ4n) is 6.59. The first-order valence-electron chi connectivity index (χ1n) is 16.2. The molecule has 240 valence electrons. The molecule has 1 fully saturated rings. The zero-order chi connectivity index (χ0) is 32.9. The monoisotopic (exact) mass is 636 g/mol. The summed E-state index contributed by atoms with van der Waals surface area (Å²) in [4.78, 5) is 28.9. The molecule has 6 aromatic rings. The summed E-state index contributed by atoms with van der Waals surface area (Å²) in [5.41, 5.74) is 5.46. The molecule has 0 bridgehead atoms. The van der Waals surface area contributed by atoms with Crippen molar-refractivity contribution in [2.24, 2.45) is 0 Å². The van der Waals surface area contributed by atoms with Crippen LogP contribution < -0.4 is 9.64 Å². The van der Waals surface area contributed by atoms with Crippen molar-refractivity contribution in [2.45, 2.75) is 18.9 Å². The van der Waals surface area contributed by atoms with Crippen LogP contribution in [0.4, 0.5) is 11.4 Å². The number of piperazine rings is 1. The van der Waals surface area contributed by atoms with Crippen LogP contribution in [0.2, 0.25) is 0 Å². The van der Waals surface area contributed by atoms with Gasteiger partial charge < -0.3 is 19.1 Å². The molecule has 48 heavy (non-hydrogen) atoms. The maximum Gasteiger partial charge on any atom is 0.269 e. The molecule has 1 aliphatic heterocycles. The number of hydrogen-bond donors (Lipinski definition) is 0. The third-order valence-electron chi connectivity index (χ3n) is 9.07. The number of carbonyl (C=O) groups is 1. The number of amides is 1. The van der Waals surface area contributed by atoms with Crippen molar-refractivity contribution in [1.82, 2.24) is 9.47 Å². The lowest BCUT2D eigenvalue weighted by atomic mass is 9.87. The number of benzene rings is 5. The number of nitro groups is 1. The van der Waals surface area contributed by atoms with Crippen molar-refractivity contribution in [1.29, 1.82) is 0 Å². The van der Waals surface area contributed by atoms with Crippen molar-refractivity contribution in [2.75, 3.05) is 31.1 Å². The summed E-state index contributed by atoms with van der Waals surface area (Å²) in [7, 11) is 0. The van der Waals surface area contributed by atoms with Gasteiger partial charge in [0.1, 0.15) is 11.5 Å². The molecule has 0 radical (unpaired) electrons. The minimum absolute atomic E-state index is 0.0713. The Morgan fingerprint density at radius 2 is 1.42 bits per heavy atom. The highest BCUT2D eigenvalue weighted by Gasteiger charge is 2.28. The number of fused-ring (bicyclic) bond motifs is 1. The number of anilines is 1. The maximum absolute atomic E-state index is 14.1. The Labute approximate surface area is 279 Å². The Hall–Kier alpha value is -5.89. The molecule has 7 rings (SSSR count). The Balaban J connectivity index is 1.18. The standard InChI is InChI=1S/C40H36N4O4/c45-40(42-24-22-41(23-25-42)32-18-20-33(21-19-32)44(46)47)27-37(31-12-9-15-35(26-31)48-34-13-5-2-6-14-34)38-29-43(28-30-10-3-1-4-11-30)39-17-8-7-16-36(38)39/h1-21,26,29,37H,22-25,27-28H2/t37-/m1/s1. The van der Waals surface area contributed by atoms with E-state index >= 15 is 0 Å². The maximum atomic E-state index is 14.1. The molecule has 2 heterocycles. The van der Waals surface area contributed by atoms with Gasteiger partial charge in [-0.25, -0.2) is 0 Å². The van der Waals surface area contributed by atoms with Gasteiger partial charge in [-0.3, -0.25) is 14.9 Å². The summed E-state index contributed by atoms with van der Waals surface area (Å²) in [5.74, 6) is 1.37. The molecular formula is C40H36N4O4. The molecule has 0 aliphatic carbocycles. The quantitative estimate of drug-likeness (QED) is 0.112. The van der Waals surface area contributed by atoms with Gasteiger partial charge in [-0.2, -0.15) is 0 Å². The van der Waals surface area contributed by atoms with Crippen LogP contribution in [0.15, 0.2) is 140 Å². The molecule has 0 unspecified atom stereocenters. The second-order valence-corrected chi connectivity index (χ2v) is 12.1. The van der Waals surface area contributed by atoms with Gasteiger partial charge in [0.15, 0.2) is 0 Å². The normalized spacial score (nSPS) is 13.8. The van der Waals surface area contributed by atoms with Crippen LogP contribution in [-0.4, -0.2) is 46.5 Å². The molecule has 0 saturated carbocycles. The number of hydrogen-bond acceptors (Lipinski definition) is 5.